The average Bonchev–Trinajstić information content (AvgIpc) is 2.00. The van der Waals surface area contributed by atoms with Crippen LogP contribution in [-0.2, 0) is 6.42 Å². The topological polar surface area (TPSA) is 24.9 Å². The Morgan fingerprint density at radius 3 is 2.38 bits per heavy atom. The molecular weight excluding hydrogens is 207 g/mol. The van der Waals surface area contributed by atoms with Gasteiger partial charge in [0.25, 0.3) is 0 Å². The van der Waals surface area contributed by atoms with E-state index in [1.807, 2.05) is 0 Å². The zero-order valence-electron chi connectivity index (χ0n) is 7.06. The molecule has 1 fully saturated rings. The van der Waals surface area contributed by atoms with Crippen LogP contribution in [0.1, 0.15) is 5.56 Å². The van der Waals surface area contributed by atoms with Crippen molar-refractivity contribution in [1.82, 2.24) is 10.3 Å². The van der Waals surface area contributed by atoms with Crippen LogP contribution < -0.4 is 5.32 Å². The molecule has 1 aliphatic rings. The maximum Gasteiger partial charge on any atom is 0.0636 e. The highest BCUT2D eigenvalue weighted by Gasteiger charge is 2.19. The largest absolute Gasteiger partial charge is 0.316 e. The van der Waals surface area contributed by atoms with E-state index in [4.69, 9.17) is 23.2 Å². The minimum absolute atomic E-state index is 0.678. The number of nitrogens with one attached hydrogen (secondary N) is 1. The number of nitrogens with zero attached hydrogens (tertiary/aromatic N) is 1. The fraction of sp³-hybridized carbons (Fsp3) is 0.444. The highest BCUT2D eigenvalue weighted by atomic mass is 35.5. The predicted octanol–water partition coefficient (Wildman–Crippen LogP) is 2.15. The summed E-state index contributed by atoms with van der Waals surface area (Å²) in [7, 11) is 0. The first-order valence-corrected chi connectivity index (χ1v) is 5.01. The van der Waals surface area contributed by atoms with E-state index in [0.29, 0.717) is 16.0 Å². The average molecular weight is 217 g/mol. The van der Waals surface area contributed by atoms with E-state index in [9.17, 15) is 0 Å². The molecule has 2 heterocycles. The van der Waals surface area contributed by atoms with Gasteiger partial charge in [0.05, 0.1) is 10.0 Å². The van der Waals surface area contributed by atoms with Gasteiger partial charge in [-0.15, -0.1) is 0 Å². The normalized spacial score (nSPS) is 17.1. The summed E-state index contributed by atoms with van der Waals surface area (Å²) in [6.45, 7) is 2.13. The van der Waals surface area contributed by atoms with Gasteiger partial charge < -0.3 is 5.32 Å². The number of hydrogen-bond donors (Lipinski definition) is 1. The maximum atomic E-state index is 5.99. The molecule has 0 amide bonds. The molecular formula is C9H10Cl2N2. The van der Waals surface area contributed by atoms with Gasteiger partial charge in [0.15, 0.2) is 0 Å². The van der Waals surface area contributed by atoms with Gasteiger partial charge in [0.1, 0.15) is 0 Å². The Morgan fingerprint density at radius 2 is 1.92 bits per heavy atom. The molecule has 2 rings (SSSR count). The summed E-state index contributed by atoms with van der Waals surface area (Å²) >= 11 is 12.0. The second-order valence-electron chi connectivity index (χ2n) is 3.31. The van der Waals surface area contributed by atoms with Crippen LogP contribution in [0.3, 0.4) is 0 Å². The van der Waals surface area contributed by atoms with Crippen molar-refractivity contribution in [3.63, 3.8) is 0 Å². The van der Waals surface area contributed by atoms with Gasteiger partial charge in [-0.3, -0.25) is 4.98 Å². The number of pyridine rings is 1. The zero-order valence-corrected chi connectivity index (χ0v) is 8.57. The van der Waals surface area contributed by atoms with E-state index in [-0.39, 0.29) is 0 Å². The van der Waals surface area contributed by atoms with Crippen molar-refractivity contribution in [2.75, 3.05) is 13.1 Å². The number of rotatable bonds is 2. The molecule has 0 aliphatic carbocycles. The van der Waals surface area contributed by atoms with E-state index in [1.54, 1.807) is 12.4 Å². The Hall–Kier alpha value is -0.310. The van der Waals surface area contributed by atoms with Crippen LogP contribution in [0.4, 0.5) is 0 Å². The third-order valence-corrected chi connectivity index (χ3v) is 2.96. The third kappa shape index (κ3) is 1.96. The van der Waals surface area contributed by atoms with Crippen molar-refractivity contribution in [2.45, 2.75) is 6.42 Å². The summed E-state index contributed by atoms with van der Waals surface area (Å²) in [6.07, 6.45) is 4.25. The summed E-state index contributed by atoms with van der Waals surface area (Å²) < 4.78 is 0. The lowest BCUT2D eigenvalue weighted by molar-refractivity contribution is 0.346. The molecule has 1 N–H and O–H groups in total. The molecule has 0 radical (unpaired) electrons. The van der Waals surface area contributed by atoms with Gasteiger partial charge >= 0.3 is 0 Å². The third-order valence-electron chi connectivity index (χ3n) is 2.31. The summed E-state index contributed by atoms with van der Waals surface area (Å²) in [5.41, 5.74) is 1.03. The Balaban J connectivity index is 2.17. The highest BCUT2D eigenvalue weighted by molar-refractivity contribution is 6.35. The van der Waals surface area contributed by atoms with Crippen LogP contribution in [-0.4, -0.2) is 18.1 Å². The Morgan fingerprint density at radius 1 is 1.31 bits per heavy atom. The first-order chi connectivity index (χ1) is 6.27. The predicted molar refractivity (Wildman–Crippen MR) is 54.3 cm³/mol. The second kappa shape index (κ2) is 3.82. The number of hydrogen-bond acceptors (Lipinski definition) is 2. The standard InChI is InChI=1S/C9H10Cl2N2/c10-8-4-13-5-9(11)7(8)1-6-2-12-3-6/h4-6,12H,1-3H2. The van der Waals surface area contributed by atoms with Crippen molar-refractivity contribution in [3.8, 4) is 0 Å². The highest BCUT2D eigenvalue weighted by Crippen LogP contribution is 2.26. The van der Waals surface area contributed by atoms with E-state index < -0.39 is 0 Å². The summed E-state index contributed by atoms with van der Waals surface area (Å²) in [5.74, 6) is 0.678. The van der Waals surface area contributed by atoms with Crippen LogP contribution >= 0.6 is 23.2 Å². The molecule has 0 bridgehead atoms. The summed E-state index contributed by atoms with van der Waals surface area (Å²) in [5, 5.41) is 4.58. The van der Waals surface area contributed by atoms with Gasteiger partial charge in [0, 0.05) is 12.4 Å². The molecule has 1 aromatic heterocycles. The summed E-state index contributed by atoms with van der Waals surface area (Å²) in [6, 6.07) is 0. The van der Waals surface area contributed by atoms with Gasteiger partial charge in [0.2, 0.25) is 0 Å². The second-order valence-corrected chi connectivity index (χ2v) is 4.12. The van der Waals surface area contributed by atoms with Crippen LogP contribution in [0.2, 0.25) is 10.0 Å². The van der Waals surface area contributed by atoms with Crippen molar-refractivity contribution >= 4 is 23.2 Å². The fourth-order valence-corrected chi connectivity index (χ4v) is 1.93. The lowest BCUT2D eigenvalue weighted by Gasteiger charge is -2.27. The van der Waals surface area contributed by atoms with Crippen molar-refractivity contribution < 1.29 is 0 Å². The number of aromatic nitrogens is 1. The van der Waals surface area contributed by atoms with Crippen molar-refractivity contribution in [1.29, 1.82) is 0 Å². The van der Waals surface area contributed by atoms with Crippen molar-refractivity contribution in [2.24, 2.45) is 5.92 Å². The van der Waals surface area contributed by atoms with Crippen LogP contribution in [0, 0.1) is 5.92 Å². The van der Waals surface area contributed by atoms with Gasteiger partial charge in [-0.25, -0.2) is 0 Å². The molecule has 70 valence electrons. The van der Waals surface area contributed by atoms with E-state index >= 15 is 0 Å². The Labute approximate surface area is 87.3 Å². The lowest BCUT2D eigenvalue weighted by Crippen LogP contribution is -2.43. The molecule has 0 saturated carbocycles. The van der Waals surface area contributed by atoms with Crippen LogP contribution in [0.5, 0.6) is 0 Å². The molecule has 1 aliphatic heterocycles. The Bertz CT molecular complexity index is 290. The minimum Gasteiger partial charge on any atom is -0.316 e. The van der Waals surface area contributed by atoms with Crippen molar-refractivity contribution in [3.05, 3.63) is 28.0 Å². The lowest BCUT2D eigenvalue weighted by atomic mass is 9.95. The molecule has 0 aromatic carbocycles. The first-order valence-electron chi connectivity index (χ1n) is 4.26. The van der Waals surface area contributed by atoms with Gasteiger partial charge in [-0.1, -0.05) is 23.2 Å². The fourth-order valence-electron chi connectivity index (χ4n) is 1.41. The van der Waals surface area contributed by atoms with E-state index in [0.717, 1.165) is 25.1 Å². The van der Waals surface area contributed by atoms with Crippen LogP contribution in [0.25, 0.3) is 0 Å². The molecule has 4 heteroatoms. The Kier molecular flexibility index (Phi) is 2.72. The van der Waals surface area contributed by atoms with E-state index in [1.165, 1.54) is 0 Å². The van der Waals surface area contributed by atoms with Gasteiger partial charge in [-0.2, -0.15) is 0 Å². The SMILES string of the molecule is Clc1cncc(Cl)c1CC1CNC1. The molecule has 0 atom stereocenters. The molecule has 0 unspecified atom stereocenters. The zero-order chi connectivity index (χ0) is 9.26. The summed E-state index contributed by atoms with van der Waals surface area (Å²) in [4.78, 5) is 3.92. The molecule has 13 heavy (non-hydrogen) atoms. The maximum absolute atomic E-state index is 5.99. The quantitative estimate of drug-likeness (QED) is 0.820. The molecule has 1 aromatic rings. The van der Waals surface area contributed by atoms with Crippen LogP contribution in [0.15, 0.2) is 12.4 Å². The molecule has 0 spiro atoms. The first kappa shape index (κ1) is 9.25. The smallest absolute Gasteiger partial charge is 0.0636 e. The van der Waals surface area contributed by atoms with Gasteiger partial charge in [-0.05, 0) is 31.0 Å². The molecule has 2 nitrogen and oxygen atoms in total. The minimum atomic E-state index is 0.678. The van der Waals surface area contributed by atoms with E-state index in [2.05, 4.69) is 10.3 Å². The molecule has 1 saturated heterocycles. The number of halogens is 2. The monoisotopic (exact) mass is 216 g/mol.